The van der Waals surface area contributed by atoms with Crippen LogP contribution < -0.4 is 0 Å². The first-order valence-electron chi connectivity index (χ1n) is 18.2. The van der Waals surface area contributed by atoms with Gasteiger partial charge in [-0.05, 0) is 101 Å². The van der Waals surface area contributed by atoms with E-state index in [0.717, 1.165) is 38.2 Å². The third kappa shape index (κ3) is 5.00. The molecule has 4 heteroatoms. The van der Waals surface area contributed by atoms with E-state index < -0.39 is 0 Å². The summed E-state index contributed by atoms with van der Waals surface area (Å²) in [6.45, 7) is 0. The minimum Gasteiger partial charge on any atom is -0.264 e. The molecule has 0 spiro atoms. The van der Waals surface area contributed by atoms with Gasteiger partial charge in [0.1, 0.15) is 0 Å². The lowest BCUT2D eigenvalue weighted by Gasteiger charge is -2.13. The Hall–Kier alpha value is -7.30. The lowest BCUT2D eigenvalue weighted by molar-refractivity contribution is 1.08. The van der Waals surface area contributed by atoms with Crippen LogP contribution >= 0.6 is 0 Å². The summed E-state index contributed by atoms with van der Waals surface area (Å²) in [5, 5.41) is 14.6. The molecule has 11 rings (SSSR count). The Morgan fingerprint density at radius 3 is 1.41 bits per heavy atom. The maximum atomic E-state index is 5.08. The van der Waals surface area contributed by atoms with Crippen molar-refractivity contribution in [2.45, 2.75) is 0 Å². The van der Waals surface area contributed by atoms with Gasteiger partial charge in [0.2, 0.25) is 0 Å². The summed E-state index contributed by atoms with van der Waals surface area (Å²) in [6, 6.07) is 60.5. The highest BCUT2D eigenvalue weighted by Gasteiger charge is 2.15. The highest BCUT2D eigenvalue weighted by molar-refractivity contribution is 6.25. The minimum absolute atomic E-state index is 0.641. The highest BCUT2D eigenvalue weighted by Crippen LogP contribution is 2.38. The monoisotopic (exact) mass is 686 g/mol. The number of hydrogen-bond donors (Lipinski definition) is 0. The molecule has 0 unspecified atom stereocenters. The van der Waals surface area contributed by atoms with Gasteiger partial charge in [-0.3, -0.25) is 4.98 Å². The Morgan fingerprint density at radius 1 is 0.259 bits per heavy atom. The maximum Gasteiger partial charge on any atom is 0.164 e. The Kier molecular flexibility index (Phi) is 6.82. The van der Waals surface area contributed by atoms with Gasteiger partial charge in [-0.2, -0.15) is 0 Å². The van der Waals surface area contributed by atoms with Crippen LogP contribution in [0.3, 0.4) is 0 Å². The van der Waals surface area contributed by atoms with Crippen LogP contribution in [0.5, 0.6) is 0 Å². The Morgan fingerprint density at radius 2 is 0.704 bits per heavy atom. The molecule has 54 heavy (non-hydrogen) atoms. The molecule has 11 aromatic rings. The maximum absolute atomic E-state index is 5.08. The first-order chi connectivity index (χ1) is 26.7. The number of aromatic nitrogens is 4. The Labute approximate surface area is 311 Å². The number of hydrogen-bond acceptors (Lipinski definition) is 4. The second-order valence-corrected chi connectivity index (χ2v) is 13.9. The fourth-order valence-corrected chi connectivity index (χ4v) is 8.05. The van der Waals surface area contributed by atoms with Crippen molar-refractivity contribution in [1.29, 1.82) is 0 Å². The summed E-state index contributed by atoms with van der Waals surface area (Å²) in [5.74, 6) is 1.93. The van der Waals surface area contributed by atoms with Crippen molar-refractivity contribution in [3.05, 3.63) is 182 Å². The zero-order valence-corrected chi connectivity index (χ0v) is 29.1. The third-order valence-electron chi connectivity index (χ3n) is 10.7. The fraction of sp³-hybridized carbons (Fsp3) is 0. The average Bonchev–Trinajstić information content (AvgIpc) is 3.26. The van der Waals surface area contributed by atoms with Crippen LogP contribution in [0, 0.1) is 0 Å². The van der Waals surface area contributed by atoms with Crippen LogP contribution in [0.1, 0.15) is 0 Å². The molecule has 2 heterocycles. The molecular formula is C50H30N4. The fourth-order valence-electron chi connectivity index (χ4n) is 8.05. The van der Waals surface area contributed by atoms with Crippen molar-refractivity contribution in [2.75, 3.05) is 0 Å². The third-order valence-corrected chi connectivity index (χ3v) is 10.7. The summed E-state index contributed by atoms with van der Waals surface area (Å²) in [4.78, 5) is 19.4. The molecule has 9 aromatic carbocycles. The number of nitrogens with zero attached hydrogens (tertiary/aromatic N) is 4. The molecule has 4 nitrogen and oxygen atoms in total. The van der Waals surface area contributed by atoms with Crippen molar-refractivity contribution in [2.24, 2.45) is 0 Å². The molecular weight excluding hydrogens is 657 g/mol. The molecule has 0 aliphatic carbocycles. The molecule has 0 aliphatic rings. The van der Waals surface area contributed by atoms with Crippen molar-refractivity contribution in [3.8, 4) is 45.3 Å². The molecule has 0 saturated carbocycles. The van der Waals surface area contributed by atoms with Crippen LogP contribution in [-0.2, 0) is 0 Å². The quantitative estimate of drug-likeness (QED) is 0.173. The molecule has 0 saturated heterocycles. The van der Waals surface area contributed by atoms with E-state index in [0.29, 0.717) is 17.5 Å². The van der Waals surface area contributed by atoms with E-state index in [9.17, 15) is 0 Å². The number of pyridine rings is 1. The predicted octanol–water partition coefficient (Wildman–Crippen LogP) is 12.9. The topological polar surface area (TPSA) is 51.6 Å². The Bertz CT molecular complexity index is 3240. The average molecular weight is 687 g/mol. The molecule has 250 valence electrons. The molecule has 0 aliphatic heterocycles. The largest absolute Gasteiger partial charge is 0.264 e. The molecule has 0 fully saturated rings. The number of rotatable bonds is 4. The number of fused-ring (bicyclic) bond motifs is 10. The van der Waals surface area contributed by atoms with E-state index in [1.807, 2.05) is 42.7 Å². The van der Waals surface area contributed by atoms with Gasteiger partial charge in [-0.15, -0.1) is 0 Å². The first-order valence-corrected chi connectivity index (χ1v) is 18.2. The van der Waals surface area contributed by atoms with Gasteiger partial charge in [0, 0.05) is 34.5 Å². The summed E-state index contributed by atoms with van der Waals surface area (Å²) >= 11 is 0. The summed E-state index contributed by atoms with van der Waals surface area (Å²) in [5.41, 5.74) is 5.22. The zero-order chi connectivity index (χ0) is 35.6. The predicted molar refractivity (Wildman–Crippen MR) is 224 cm³/mol. The Balaban J connectivity index is 1.01. The van der Waals surface area contributed by atoms with Gasteiger partial charge >= 0.3 is 0 Å². The molecule has 0 radical (unpaired) electrons. The van der Waals surface area contributed by atoms with Crippen molar-refractivity contribution < 1.29 is 0 Å². The standard InChI is InChI=1S/C50H30N4/c1-2-8-31(9-3-1)48-52-49(54-50(53-48)38-21-22-40-36(28-38)17-19-39-30-51-25-24-41(39)40)37-18-16-32-26-33(14-15-34(32)27-37)35-20-23-46-44-12-5-4-10-42(44)43-11-6-7-13-45(43)47(46)29-35/h1-30H. The van der Waals surface area contributed by atoms with Crippen LogP contribution in [0.15, 0.2) is 182 Å². The van der Waals surface area contributed by atoms with Gasteiger partial charge in [-0.25, -0.2) is 15.0 Å². The lowest BCUT2D eigenvalue weighted by Crippen LogP contribution is -2.00. The van der Waals surface area contributed by atoms with E-state index >= 15 is 0 Å². The van der Waals surface area contributed by atoms with Crippen molar-refractivity contribution >= 4 is 64.6 Å². The van der Waals surface area contributed by atoms with E-state index in [4.69, 9.17) is 15.0 Å². The van der Waals surface area contributed by atoms with E-state index in [1.54, 1.807) is 0 Å². The summed E-state index contributed by atoms with van der Waals surface area (Å²) in [6.07, 6.45) is 3.75. The van der Waals surface area contributed by atoms with E-state index in [2.05, 4.69) is 145 Å². The smallest absolute Gasteiger partial charge is 0.164 e. The number of benzene rings is 9. The zero-order valence-electron chi connectivity index (χ0n) is 29.1. The van der Waals surface area contributed by atoms with Gasteiger partial charge in [0.05, 0.1) is 0 Å². The van der Waals surface area contributed by atoms with Crippen molar-refractivity contribution in [3.63, 3.8) is 0 Å². The summed E-state index contributed by atoms with van der Waals surface area (Å²) in [7, 11) is 0. The van der Waals surface area contributed by atoms with Crippen LogP contribution in [-0.4, -0.2) is 19.9 Å². The van der Waals surface area contributed by atoms with Gasteiger partial charge in [0.15, 0.2) is 17.5 Å². The van der Waals surface area contributed by atoms with Crippen LogP contribution in [0.2, 0.25) is 0 Å². The molecule has 0 N–H and O–H groups in total. The highest BCUT2D eigenvalue weighted by atomic mass is 15.0. The lowest BCUT2D eigenvalue weighted by atomic mass is 9.91. The minimum atomic E-state index is 0.641. The van der Waals surface area contributed by atoms with Crippen molar-refractivity contribution in [1.82, 2.24) is 19.9 Å². The van der Waals surface area contributed by atoms with Crippen LogP contribution in [0.4, 0.5) is 0 Å². The molecule has 0 amide bonds. The van der Waals surface area contributed by atoms with Crippen LogP contribution in [0.25, 0.3) is 110 Å². The molecule has 0 atom stereocenters. The molecule has 0 bridgehead atoms. The molecule has 2 aromatic heterocycles. The normalized spacial score (nSPS) is 11.7. The summed E-state index contributed by atoms with van der Waals surface area (Å²) < 4.78 is 0. The van der Waals surface area contributed by atoms with Gasteiger partial charge in [-0.1, -0.05) is 140 Å². The van der Waals surface area contributed by atoms with E-state index in [1.165, 1.54) is 54.2 Å². The van der Waals surface area contributed by atoms with E-state index in [-0.39, 0.29) is 0 Å². The SMILES string of the molecule is c1ccc(-c2nc(-c3ccc4cc(-c5ccc6c7ccccc7c7ccccc7c6c5)ccc4c3)nc(-c3ccc4c(ccc5cnccc54)c3)n2)cc1. The second kappa shape index (κ2) is 12.1. The van der Waals surface area contributed by atoms with Gasteiger partial charge < -0.3 is 0 Å². The van der Waals surface area contributed by atoms with Gasteiger partial charge in [0.25, 0.3) is 0 Å². The second-order valence-electron chi connectivity index (χ2n) is 13.9. The first kappa shape index (κ1) is 30.3.